The van der Waals surface area contributed by atoms with Crippen molar-refractivity contribution in [3.8, 4) is 0 Å². The van der Waals surface area contributed by atoms with Crippen LogP contribution < -0.4 is 0 Å². The molecule has 2 unspecified atom stereocenters. The fourth-order valence-corrected chi connectivity index (χ4v) is 3.49. The molecule has 0 bridgehead atoms. The molecule has 0 saturated carbocycles. The number of hydrogen-bond acceptors (Lipinski definition) is 3. The first-order chi connectivity index (χ1) is 9.87. The monoisotopic (exact) mass is 314 g/mol. The smallest absolute Gasteiger partial charge is 0.325 e. The lowest BCUT2D eigenvalue weighted by Crippen LogP contribution is -2.29. The number of benzene rings is 1. The second-order valence-corrected chi connectivity index (χ2v) is 6.76. The second kappa shape index (κ2) is 8.32. The minimum atomic E-state index is -4.19. The molecular weight excluding hydrogens is 291 g/mol. The predicted molar refractivity (Wildman–Crippen MR) is 81.0 cm³/mol. The maximum absolute atomic E-state index is 12.0. The fraction of sp³-hybridized carbons (Fsp3) is 0.533. The first kappa shape index (κ1) is 17.9. The van der Waals surface area contributed by atoms with Gasteiger partial charge in [-0.1, -0.05) is 37.3 Å². The van der Waals surface area contributed by atoms with Gasteiger partial charge in [-0.2, -0.15) is 0 Å². The summed E-state index contributed by atoms with van der Waals surface area (Å²) in [5.74, 6) is -1.32. The van der Waals surface area contributed by atoms with Gasteiger partial charge in [0.25, 0.3) is 0 Å². The molecule has 0 aliphatic carbocycles. The Morgan fingerprint density at radius 3 is 2.33 bits per heavy atom. The van der Waals surface area contributed by atoms with E-state index in [1.807, 2.05) is 37.3 Å². The van der Waals surface area contributed by atoms with Crippen LogP contribution in [0.3, 0.4) is 0 Å². The van der Waals surface area contributed by atoms with Crippen LogP contribution in [0.1, 0.15) is 25.8 Å². The normalized spacial score (nSPS) is 14.5. The van der Waals surface area contributed by atoms with Crippen molar-refractivity contribution < 1.29 is 23.9 Å². The van der Waals surface area contributed by atoms with Crippen molar-refractivity contribution in [2.45, 2.75) is 26.7 Å². The largest absolute Gasteiger partial charge is 0.466 e. The Labute approximate surface area is 125 Å². The van der Waals surface area contributed by atoms with E-state index < -0.39 is 19.4 Å². The molecule has 1 rings (SSSR count). The summed E-state index contributed by atoms with van der Waals surface area (Å²) in [5.41, 5.74) is 0.957. The summed E-state index contributed by atoms with van der Waals surface area (Å²) < 4.78 is 16.4. The molecule has 0 saturated heterocycles. The van der Waals surface area contributed by atoms with E-state index in [0.29, 0.717) is 12.8 Å². The Morgan fingerprint density at radius 2 is 1.86 bits per heavy atom. The molecule has 2 atom stereocenters. The number of hydrogen-bond donors (Lipinski definition) is 2. The molecule has 0 fully saturated rings. The summed E-state index contributed by atoms with van der Waals surface area (Å²) in [6.07, 6.45) is 0.638. The van der Waals surface area contributed by atoms with Crippen LogP contribution in [0.4, 0.5) is 0 Å². The number of carbonyl (C=O) groups is 1. The van der Waals surface area contributed by atoms with Crippen molar-refractivity contribution >= 4 is 13.6 Å². The fourth-order valence-electron chi connectivity index (χ4n) is 2.50. The first-order valence-corrected chi connectivity index (χ1v) is 8.92. The van der Waals surface area contributed by atoms with Crippen LogP contribution in [0.25, 0.3) is 0 Å². The molecule has 21 heavy (non-hydrogen) atoms. The van der Waals surface area contributed by atoms with Crippen molar-refractivity contribution in [1.29, 1.82) is 0 Å². The minimum absolute atomic E-state index is 0.267. The van der Waals surface area contributed by atoms with Crippen LogP contribution in [0.2, 0.25) is 0 Å². The molecule has 0 aliphatic heterocycles. The average Bonchev–Trinajstić information content (AvgIpc) is 2.39. The molecular formula is C15H23O5P. The maximum atomic E-state index is 12.0. The van der Waals surface area contributed by atoms with Gasteiger partial charge in [0.2, 0.25) is 0 Å². The maximum Gasteiger partial charge on any atom is 0.325 e. The number of rotatable bonds is 8. The predicted octanol–water partition coefficient (Wildman–Crippen LogP) is 2.61. The van der Waals surface area contributed by atoms with E-state index in [9.17, 15) is 19.1 Å². The molecule has 1 aromatic carbocycles. The lowest BCUT2D eigenvalue weighted by atomic mass is 9.86. The highest BCUT2D eigenvalue weighted by atomic mass is 31.2. The molecule has 2 N–H and O–H groups in total. The van der Waals surface area contributed by atoms with E-state index in [-0.39, 0.29) is 18.7 Å². The standard InChI is InChI=1S/C15H23O5P/c1-3-14(15(16)20-4-2)13(11-21(17,18)19)10-12-8-6-5-7-9-12/h5-9,13-14H,3-4,10-11H2,1-2H3,(H2,17,18,19). The highest BCUT2D eigenvalue weighted by molar-refractivity contribution is 7.51. The molecule has 0 heterocycles. The van der Waals surface area contributed by atoms with Crippen LogP contribution in [0.15, 0.2) is 30.3 Å². The second-order valence-electron chi connectivity index (χ2n) is 5.06. The van der Waals surface area contributed by atoms with E-state index in [0.717, 1.165) is 5.56 Å². The molecule has 118 valence electrons. The molecule has 1 aromatic rings. The van der Waals surface area contributed by atoms with Crippen molar-refractivity contribution in [2.24, 2.45) is 11.8 Å². The highest BCUT2D eigenvalue weighted by Crippen LogP contribution is 2.40. The lowest BCUT2D eigenvalue weighted by Gasteiger charge is -2.25. The molecule has 5 nitrogen and oxygen atoms in total. The highest BCUT2D eigenvalue weighted by Gasteiger charge is 2.33. The summed E-state index contributed by atoms with van der Waals surface area (Å²) in [7, 11) is -4.19. The third-order valence-corrected chi connectivity index (χ3v) is 4.36. The van der Waals surface area contributed by atoms with Gasteiger partial charge in [0.15, 0.2) is 0 Å². The van der Waals surface area contributed by atoms with Crippen molar-refractivity contribution in [3.63, 3.8) is 0 Å². The van der Waals surface area contributed by atoms with E-state index in [2.05, 4.69) is 0 Å². The third-order valence-electron chi connectivity index (χ3n) is 3.41. The Bertz CT molecular complexity index is 482. The van der Waals surface area contributed by atoms with Crippen LogP contribution in [-0.4, -0.2) is 28.5 Å². The summed E-state index contributed by atoms with van der Waals surface area (Å²) in [4.78, 5) is 30.6. The summed E-state index contributed by atoms with van der Waals surface area (Å²) in [5, 5.41) is 0. The van der Waals surface area contributed by atoms with Gasteiger partial charge in [-0.15, -0.1) is 0 Å². The van der Waals surface area contributed by atoms with Crippen molar-refractivity contribution in [1.82, 2.24) is 0 Å². The number of esters is 1. The first-order valence-electron chi connectivity index (χ1n) is 7.12. The van der Waals surface area contributed by atoms with Gasteiger partial charge < -0.3 is 14.5 Å². The van der Waals surface area contributed by atoms with Gasteiger partial charge in [0.05, 0.1) is 18.7 Å². The molecule has 6 heteroatoms. The molecule has 0 amide bonds. The van der Waals surface area contributed by atoms with Gasteiger partial charge in [0, 0.05) is 0 Å². The topological polar surface area (TPSA) is 83.8 Å². The van der Waals surface area contributed by atoms with E-state index >= 15 is 0 Å². The van der Waals surface area contributed by atoms with Crippen LogP contribution in [-0.2, 0) is 20.5 Å². The van der Waals surface area contributed by atoms with Crippen molar-refractivity contribution in [3.05, 3.63) is 35.9 Å². The van der Waals surface area contributed by atoms with Gasteiger partial charge >= 0.3 is 13.6 Å². The quantitative estimate of drug-likeness (QED) is 0.569. The van der Waals surface area contributed by atoms with Gasteiger partial charge in [-0.25, -0.2) is 0 Å². The van der Waals surface area contributed by atoms with E-state index in [1.54, 1.807) is 6.92 Å². The van der Waals surface area contributed by atoms with Crippen LogP contribution in [0, 0.1) is 11.8 Å². The summed E-state index contributed by atoms with van der Waals surface area (Å²) >= 11 is 0. The SMILES string of the molecule is CCOC(=O)C(CC)C(Cc1ccccc1)CP(=O)(O)O. The summed E-state index contributed by atoms with van der Waals surface area (Å²) in [6, 6.07) is 9.41. The molecule has 0 radical (unpaired) electrons. The van der Waals surface area contributed by atoms with Crippen molar-refractivity contribution in [2.75, 3.05) is 12.8 Å². The van der Waals surface area contributed by atoms with E-state index in [4.69, 9.17) is 4.74 Å². The Morgan fingerprint density at radius 1 is 1.24 bits per heavy atom. The zero-order valence-electron chi connectivity index (χ0n) is 12.4. The molecule has 0 aliphatic rings. The minimum Gasteiger partial charge on any atom is -0.466 e. The zero-order valence-corrected chi connectivity index (χ0v) is 13.3. The van der Waals surface area contributed by atoms with Gasteiger partial charge in [0.1, 0.15) is 0 Å². The number of carbonyl (C=O) groups excluding carboxylic acids is 1. The van der Waals surface area contributed by atoms with Crippen LogP contribution >= 0.6 is 7.60 Å². The van der Waals surface area contributed by atoms with Crippen LogP contribution in [0.5, 0.6) is 0 Å². The Kier molecular flexibility index (Phi) is 7.09. The lowest BCUT2D eigenvalue weighted by molar-refractivity contribution is -0.149. The Balaban J connectivity index is 2.94. The van der Waals surface area contributed by atoms with E-state index in [1.165, 1.54) is 0 Å². The van der Waals surface area contributed by atoms with Gasteiger partial charge in [-0.3, -0.25) is 9.36 Å². The zero-order chi connectivity index (χ0) is 15.9. The van der Waals surface area contributed by atoms with Gasteiger partial charge in [-0.05, 0) is 31.2 Å². The average molecular weight is 314 g/mol. The summed E-state index contributed by atoms with van der Waals surface area (Å²) in [6.45, 7) is 3.82. The molecule has 0 spiro atoms. The Hall–Kier alpha value is -1.16. The number of ether oxygens (including phenoxy) is 1. The third kappa shape index (κ3) is 6.42. The molecule has 0 aromatic heterocycles.